The topological polar surface area (TPSA) is 40.2 Å². The third-order valence-electron chi connectivity index (χ3n) is 4.11. The van der Waals surface area contributed by atoms with Crippen LogP contribution in [0, 0.1) is 6.92 Å². The molecule has 0 saturated carbocycles. The summed E-state index contributed by atoms with van der Waals surface area (Å²) in [6.45, 7) is 2.13. The average Bonchev–Trinajstić information content (AvgIpc) is 2.77. The molecule has 1 aliphatic carbocycles. The van der Waals surface area contributed by atoms with Gasteiger partial charge in [-0.05, 0) is 75.7 Å². The van der Waals surface area contributed by atoms with Gasteiger partial charge in [-0.2, -0.15) is 0 Å². The molecule has 1 aromatic heterocycles. The molecule has 0 fully saturated rings. The predicted octanol–water partition coefficient (Wildman–Crippen LogP) is 4.66. The lowest BCUT2D eigenvalue weighted by Gasteiger charge is -2.22. The minimum absolute atomic E-state index is 0.157. The van der Waals surface area contributed by atoms with Gasteiger partial charge in [0, 0.05) is 28.0 Å². The molecule has 3 rings (SSSR count). The fourth-order valence-corrected chi connectivity index (χ4v) is 4.45. The van der Waals surface area contributed by atoms with Crippen LogP contribution in [-0.4, -0.2) is 11.7 Å². The molecule has 112 valence electrons. The molecule has 1 unspecified atom stereocenters. The Morgan fingerprint density at radius 3 is 2.71 bits per heavy atom. The van der Waals surface area contributed by atoms with Crippen molar-refractivity contribution in [3.05, 3.63) is 44.1 Å². The number of ether oxygens (including phenoxy) is 1. The number of rotatable bonds is 2. The van der Waals surface area contributed by atoms with Crippen molar-refractivity contribution >= 4 is 31.9 Å². The van der Waals surface area contributed by atoms with E-state index >= 15 is 0 Å². The summed E-state index contributed by atoms with van der Waals surface area (Å²) in [6.07, 6.45) is 3.28. The van der Waals surface area contributed by atoms with Crippen molar-refractivity contribution in [3.8, 4) is 11.4 Å². The van der Waals surface area contributed by atoms with E-state index in [0.29, 0.717) is 0 Å². The van der Waals surface area contributed by atoms with Crippen LogP contribution in [0.3, 0.4) is 0 Å². The van der Waals surface area contributed by atoms with Gasteiger partial charge >= 0.3 is 0 Å². The van der Waals surface area contributed by atoms with Crippen molar-refractivity contribution in [2.45, 2.75) is 32.2 Å². The van der Waals surface area contributed by atoms with E-state index in [0.717, 1.165) is 39.6 Å². The second kappa shape index (κ2) is 5.78. The molecule has 0 spiro atoms. The second-order valence-corrected chi connectivity index (χ2v) is 7.17. The van der Waals surface area contributed by atoms with Gasteiger partial charge in [0.2, 0.25) is 0 Å². The van der Waals surface area contributed by atoms with E-state index in [1.807, 2.05) is 6.07 Å². The average molecular weight is 414 g/mol. The molecule has 1 heterocycles. The minimum Gasteiger partial charge on any atom is -0.495 e. The Bertz CT molecular complexity index is 694. The lowest BCUT2D eigenvalue weighted by molar-refractivity contribution is 0.412. The Kier molecular flexibility index (Phi) is 4.17. The quantitative estimate of drug-likeness (QED) is 0.777. The molecular weight excluding hydrogens is 396 g/mol. The van der Waals surface area contributed by atoms with Crippen LogP contribution in [-0.2, 0) is 6.42 Å². The Labute approximate surface area is 141 Å². The lowest BCUT2D eigenvalue weighted by atomic mass is 9.93. The van der Waals surface area contributed by atoms with Crippen LogP contribution in [0.25, 0.3) is 5.69 Å². The van der Waals surface area contributed by atoms with E-state index in [1.165, 1.54) is 17.0 Å². The predicted molar refractivity (Wildman–Crippen MR) is 92.3 cm³/mol. The highest BCUT2D eigenvalue weighted by Crippen LogP contribution is 2.38. The number of halogens is 2. The number of benzene rings is 1. The molecule has 0 saturated heterocycles. The van der Waals surface area contributed by atoms with E-state index < -0.39 is 0 Å². The Morgan fingerprint density at radius 2 is 2.00 bits per heavy atom. The number of methoxy groups -OCH3 is 1. The normalized spacial score (nSPS) is 17.7. The van der Waals surface area contributed by atoms with Crippen LogP contribution in [0.2, 0.25) is 0 Å². The van der Waals surface area contributed by atoms with Crippen LogP contribution in [0.15, 0.2) is 27.1 Å². The summed E-state index contributed by atoms with van der Waals surface area (Å²) in [5.74, 6) is 0.829. The van der Waals surface area contributed by atoms with Gasteiger partial charge in [-0.1, -0.05) is 0 Å². The van der Waals surface area contributed by atoms with Gasteiger partial charge < -0.3 is 15.0 Å². The van der Waals surface area contributed by atoms with Crippen LogP contribution in [0.5, 0.6) is 5.75 Å². The minimum atomic E-state index is 0.157. The maximum Gasteiger partial charge on any atom is 0.135 e. The summed E-state index contributed by atoms with van der Waals surface area (Å²) >= 11 is 7.19. The van der Waals surface area contributed by atoms with Gasteiger partial charge in [0.25, 0.3) is 0 Å². The van der Waals surface area contributed by atoms with E-state index in [-0.39, 0.29) is 6.04 Å². The van der Waals surface area contributed by atoms with Crippen LogP contribution in [0.1, 0.15) is 35.8 Å². The summed E-state index contributed by atoms with van der Waals surface area (Å²) in [6, 6.07) is 6.47. The zero-order valence-electron chi connectivity index (χ0n) is 12.1. The Morgan fingerprint density at radius 1 is 1.24 bits per heavy atom. The first kappa shape index (κ1) is 15.1. The first-order valence-electron chi connectivity index (χ1n) is 7.03. The molecule has 1 aliphatic rings. The summed E-state index contributed by atoms with van der Waals surface area (Å²) in [7, 11) is 1.69. The fourth-order valence-electron chi connectivity index (χ4n) is 3.12. The largest absolute Gasteiger partial charge is 0.495 e. The molecular formula is C16H18Br2N2O. The zero-order chi connectivity index (χ0) is 15.1. The highest BCUT2D eigenvalue weighted by Gasteiger charge is 2.24. The molecule has 1 atom stereocenters. The van der Waals surface area contributed by atoms with Crippen molar-refractivity contribution in [1.82, 2.24) is 4.57 Å². The zero-order valence-corrected chi connectivity index (χ0v) is 15.3. The van der Waals surface area contributed by atoms with Crippen molar-refractivity contribution < 1.29 is 4.74 Å². The van der Waals surface area contributed by atoms with Crippen molar-refractivity contribution in [2.24, 2.45) is 5.73 Å². The number of hydrogen-bond acceptors (Lipinski definition) is 2. The van der Waals surface area contributed by atoms with E-state index in [1.54, 1.807) is 7.11 Å². The summed E-state index contributed by atoms with van der Waals surface area (Å²) in [5, 5.41) is 0. The van der Waals surface area contributed by atoms with Crippen molar-refractivity contribution in [1.29, 1.82) is 0 Å². The van der Waals surface area contributed by atoms with Crippen LogP contribution in [0.4, 0.5) is 0 Å². The highest BCUT2D eigenvalue weighted by atomic mass is 79.9. The number of aromatic nitrogens is 1. The first-order valence-corrected chi connectivity index (χ1v) is 8.61. The number of hydrogen-bond donors (Lipinski definition) is 1. The van der Waals surface area contributed by atoms with E-state index in [9.17, 15) is 0 Å². The monoisotopic (exact) mass is 412 g/mol. The molecule has 0 bridgehead atoms. The summed E-state index contributed by atoms with van der Waals surface area (Å²) in [5.41, 5.74) is 11.2. The summed E-state index contributed by atoms with van der Waals surface area (Å²) < 4.78 is 9.72. The number of aryl methyl sites for hydroxylation is 1. The Hall–Kier alpha value is -0.780. The first-order chi connectivity index (χ1) is 10.0. The Balaban J connectivity index is 2.22. The van der Waals surface area contributed by atoms with E-state index in [2.05, 4.69) is 55.5 Å². The molecule has 21 heavy (non-hydrogen) atoms. The standard InChI is InChI=1S/C16H18Br2N2O/c1-9-6-10-13(19)4-3-5-14(10)20(9)15-8-16(21-2)12(18)7-11(15)17/h6-8,13H,3-5,19H2,1-2H3. The van der Waals surface area contributed by atoms with Crippen LogP contribution >= 0.6 is 31.9 Å². The molecule has 0 radical (unpaired) electrons. The molecule has 0 aliphatic heterocycles. The highest BCUT2D eigenvalue weighted by molar-refractivity contribution is 9.11. The van der Waals surface area contributed by atoms with Gasteiger partial charge in [-0.25, -0.2) is 0 Å². The van der Waals surface area contributed by atoms with E-state index in [4.69, 9.17) is 10.5 Å². The molecule has 3 nitrogen and oxygen atoms in total. The molecule has 1 aromatic carbocycles. The number of fused-ring (bicyclic) bond motifs is 1. The SMILES string of the molecule is COc1cc(-n2c(C)cc3c2CCCC3N)c(Br)cc1Br. The third kappa shape index (κ3) is 2.56. The molecule has 5 heteroatoms. The number of nitrogens with zero attached hydrogens (tertiary/aromatic N) is 1. The molecule has 2 aromatic rings. The van der Waals surface area contributed by atoms with Crippen molar-refractivity contribution in [3.63, 3.8) is 0 Å². The van der Waals surface area contributed by atoms with Crippen LogP contribution < -0.4 is 10.5 Å². The molecule has 2 N–H and O–H groups in total. The van der Waals surface area contributed by atoms with Gasteiger partial charge in [0.15, 0.2) is 0 Å². The third-order valence-corrected chi connectivity index (χ3v) is 5.37. The second-order valence-electron chi connectivity index (χ2n) is 5.46. The van der Waals surface area contributed by atoms with Gasteiger partial charge in [-0.3, -0.25) is 0 Å². The van der Waals surface area contributed by atoms with Gasteiger partial charge in [0.05, 0.1) is 17.3 Å². The lowest BCUT2D eigenvalue weighted by Crippen LogP contribution is -2.18. The van der Waals surface area contributed by atoms with Gasteiger partial charge in [0.1, 0.15) is 5.75 Å². The number of nitrogens with two attached hydrogens (primary N) is 1. The smallest absolute Gasteiger partial charge is 0.135 e. The fraction of sp³-hybridized carbons (Fsp3) is 0.375. The molecule has 0 amide bonds. The summed E-state index contributed by atoms with van der Waals surface area (Å²) in [4.78, 5) is 0. The maximum atomic E-state index is 6.27. The maximum absolute atomic E-state index is 6.27. The van der Waals surface area contributed by atoms with Crippen molar-refractivity contribution in [2.75, 3.05) is 7.11 Å². The van der Waals surface area contributed by atoms with Gasteiger partial charge in [-0.15, -0.1) is 0 Å².